The molecule has 1 heterocycles. The molecule has 4 rings (SSSR count). The van der Waals surface area contributed by atoms with E-state index in [-0.39, 0.29) is 0 Å². The number of nitrogens with one attached hydrogen (secondary N) is 1. The molecule has 5 nitrogen and oxygen atoms in total. The highest BCUT2D eigenvalue weighted by Gasteiger charge is 2.15. The Morgan fingerprint density at radius 2 is 1.62 bits per heavy atom. The number of halogens is 1. The summed E-state index contributed by atoms with van der Waals surface area (Å²) in [5, 5.41) is 12.4. The van der Waals surface area contributed by atoms with E-state index in [4.69, 9.17) is 20.8 Å². The molecule has 0 aliphatic carbocycles. The summed E-state index contributed by atoms with van der Waals surface area (Å²) in [4.78, 5) is 0. The first-order chi connectivity index (χ1) is 14.2. The fourth-order valence-electron chi connectivity index (χ4n) is 3.11. The van der Waals surface area contributed by atoms with Gasteiger partial charge in [0.05, 0.1) is 23.4 Å². The highest BCUT2D eigenvalue weighted by atomic mass is 35.5. The van der Waals surface area contributed by atoms with Gasteiger partial charge in [-0.2, -0.15) is 0 Å². The molecule has 1 aromatic heterocycles. The second kappa shape index (κ2) is 8.37. The SMILES string of the molecule is COc1ccc(C)cc1NCc1ccccc1-c1nnc(-c2ccccc2Cl)o1. The third kappa shape index (κ3) is 4.10. The molecule has 0 amide bonds. The van der Waals surface area contributed by atoms with Crippen LogP contribution >= 0.6 is 11.6 Å². The molecule has 0 aliphatic rings. The lowest BCUT2D eigenvalue weighted by molar-refractivity contribution is 0.416. The number of hydrogen-bond acceptors (Lipinski definition) is 5. The summed E-state index contributed by atoms with van der Waals surface area (Å²) in [5.41, 5.74) is 4.71. The van der Waals surface area contributed by atoms with E-state index in [1.807, 2.05) is 61.5 Å². The molecular weight excluding hydrogens is 386 g/mol. The quantitative estimate of drug-likeness (QED) is 0.427. The molecule has 6 heteroatoms. The average molecular weight is 406 g/mol. The van der Waals surface area contributed by atoms with Gasteiger partial charge in [0, 0.05) is 12.1 Å². The van der Waals surface area contributed by atoms with Crippen LogP contribution in [0.1, 0.15) is 11.1 Å². The van der Waals surface area contributed by atoms with Crippen molar-refractivity contribution in [1.82, 2.24) is 10.2 Å². The van der Waals surface area contributed by atoms with E-state index in [0.717, 1.165) is 28.1 Å². The van der Waals surface area contributed by atoms with Crippen LogP contribution in [0, 0.1) is 6.92 Å². The first-order valence-electron chi connectivity index (χ1n) is 9.21. The standard InChI is InChI=1S/C23H20ClN3O2/c1-15-11-12-21(28-2)20(13-15)25-14-16-7-3-4-8-17(16)22-26-27-23(29-22)18-9-5-6-10-19(18)24/h3-13,25H,14H2,1-2H3. The maximum atomic E-state index is 6.25. The third-order valence-corrected chi connectivity index (χ3v) is 4.93. The van der Waals surface area contributed by atoms with E-state index in [1.165, 1.54) is 0 Å². The molecule has 0 atom stereocenters. The molecule has 0 spiro atoms. The minimum absolute atomic E-state index is 0.397. The molecule has 0 saturated heterocycles. The Bertz CT molecular complexity index is 1140. The predicted octanol–water partition coefficient (Wildman–Crippen LogP) is 5.99. The van der Waals surface area contributed by atoms with Gasteiger partial charge in [0.1, 0.15) is 5.75 Å². The van der Waals surface area contributed by atoms with Gasteiger partial charge >= 0.3 is 0 Å². The Labute approximate surface area is 174 Å². The number of anilines is 1. The Morgan fingerprint density at radius 1 is 0.931 bits per heavy atom. The topological polar surface area (TPSA) is 60.2 Å². The smallest absolute Gasteiger partial charge is 0.249 e. The monoisotopic (exact) mass is 405 g/mol. The number of hydrogen-bond donors (Lipinski definition) is 1. The number of nitrogens with zero attached hydrogens (tertiary/aromatic N) is 2. The van der Waals surface area contributed by atoms with Gasteiger partial charge in [0.25, 0.3) is 0 Å². The van der Waals surface area contributed by atoms with E-state index in [0.29, 0.717) is 28.9 Å². The zero-order chi connectivity index (χ0) is 20.2. The molecule has 29 heavy (non-hydrogen) atoms. The highest BCUT2D eigenvalue weighted by molar-refractivity contribution is 6.33. The van der Waals surface area contributed by atoms with Gasteiger partial charge in [-0.3, -0.25) is 0 Å². The van der Waals surface area contributed by atoms with Crippen LogP contribution in [0.3, 0.4) is 0 Å². The van der Waals surface area contributed by atoms with Crippen LogP contribution in [0.4, 0.5) is 5.69 Å². The summed E-state index contributed by atoms with van der Waals surface area (Å²) in [6.07, 6.45) is 0. The summed E-state index contributed by atoms with van der Waals surface area (Å²) in [6.45, 7) is 2.63. The van der Waals surface area contributed by atoms with E-state index in [2.05, 4.69) is 21.6 Å². The Hall–Kier alpha value is -3.31. The Morgan fingerprint density at radius 3 is 2.38 bits per heavy atom. The van der Waals surface area contributed by atoms with Crippen LogP contribution in [0.25, 0.3) is 22.9 Å². The Kier molecular flexibility index (Phi) is 5.49. The van der Waals surface area contributed by atoms with Crippen LogP contribution < -0.4 is 10.1 Å². The fraction of sp³-hybridized carbons (Fsp3) is 0.130. The van der Waals surface area contributed by atoms with E-state index in [9.17, 15) is 0 Å². The number of ether oxygens (including phenoxy) is 1. The largest absolute Gasteiger partial charge is 0.495 e. The van der Waals surface area contributed by atoms with E-state index >= 15 is 0 Å². The maximum Gasteiger partial charge on any atom is 0.249 e. The first-order valence-corrected chi connectivity index (χ1v) is 9.58. The van der Waals surface area contributed by atoms with Crippen molar-refractivity contribution in [3.8, 4) is 28.7 Å². The second-order valence-electron chi connectivity index (χ2n) is 6.61. The van der Waals surface area contributed by atoms with Crippen molar-refractivity contribution in [3.05, 3.63) is 82.9 Å². The van der Waals surface area contributed by atoms with Gasteiger partial charge in [0.2, 0.25) is 11.8 Å². The molecular formula is C23H20ClN3O2. The predicted molar refractivity (Wildman–Crippen MR) is 115 cm³/mol. The van der Waals surface area contributed by atoms with Crippen LogP contribution in [0.15, 0.2) is 71.1 Å². The molecule has 0 saturated carbocycles. The lowest BCUT2D eigenvalue weighted by atomic mass is 10.1. The number of benzene rings is 3. The van der Waals surface area contributed by atoms with Crippen LogP contribution in [-0.4, -0.2) is 17.3 Å². The average Bonchev–Trinajstić information content (AvgIpc) is 3.22. The minimum Gasteiger partial charge on any atom is -0.495 e. The minimum atomic E-state index is 0.397. The Balaban J connectivity index is 1.62. The zero-order valence-corrected chi connectivity index (χ0v) is 16.9. The summed E-state index contributed by atoms with van der Waals surface area (Å²) >= 11 is 6.25. The van der Waals surface area contributed by atoms with Gasteiger partial charge in [-0.05, 0) is 48.4 Å². The highest BCUT2D eigenvalue weighted by Crippen LogP contribution is 2.31. The van der Waals surface area contributed by atoms with Crippen molar-refractivity contribution in [2.45, 2.75) is 13.5 Å². The molecule has 0 radical (unpaired) electrons. The molecule has 0 bridgehead atoms. The van der Waals surface area contributed by atoms with Crippen molar-refractivity contribution in [1.29, 1.82) is 0 Å². The molecule has 146 valence electrons. The second-order valence-corrected chi connectivity index (χ2v) is 7.01. The van der Waals surface area contributed by atoms with Crippen molar-refractivity contribution < 1.29 is 9.15 Å². The van der Waals surface area contributed by atoms with Gasteiger partial charge in [-0.15, -0.1) is 10.2 Å². The molecule has 3 aromatic carbocycles. The fourth-order valence-corrected chi connectivity index (χ4v) is 3.33. The number of aryl methyl sites for hydroxylation is 1. The van der Waals surface area contributed by atoms with Crippen molar-refractivity contribution in [2.24, 2.45) is 0 Å². The normalized spacial score (nSPS) is 10.7. The summed E-state index contributed by atoms with van der Waals surface area (Å²) < 4.78 is 11.4. The van der Waals surface area contributed by atoms with Crippen LogP contribution in [0.2, 0.25) is 5.02 Å². The zero-order valence-electron chi connectivity index (χ0n) is 16.1. The van der Waals surface area contributed by atoms with Crippen molar-refractivity contribution in [3.63, 3.8) is 0 Å². The van der Waals surface area contributed by atoms with Crippen LogP contribution in [-0.2, 0) is 6.54 Å². The first kappa shape index (κ1) is 19.0. The molecule has 4 aromatic rings. The van der Waals surface area contributed by atoms with Gasteiger partial charge in [-0.25, -0.2) is 0 Å². The number of methoxy groups -OCH3 is 1. The summed E-state index contributed by atoms with van der Waals surface area (Å²) in [6, 6.07) is 21.4. The van der Waals surface area contributed by atoms with Crippen molar-refractivity contribution >= 4 is 17.3 Å². The van der Waals surface area contributed by atoms with E-state index in [1.54, 1.807) is 13.2 Å². The number of rotatable bonds is 6. The molecule has 0 fully saturated rings. The van der Waals surface area contributed by atoms with E-state index < -0.39 is 0 Å². The maximum absolute atomic E-state index is 6.25. The van der Waals surface area contributed by atoms with Gasteiger partial charge in [0.15, 0.2) is 0 Å². The summed E-state index contributed by atoms with van der Waals surface area (Å²) in [7, 11) is 1.67. The molecule has 0 unspecified atom stereocenters. The van der Waals surface area contributed by atoms with Crippen molar-refractivity contribution in [2.75, 3.05) is 12.4 Å². The molecule has 1 N–H and O–H groups in total. The lowest BCUT2D eigenvalue weighted by Gasteiger charge is -2.13. The number of aromatic nitrogens is 2. The summed E-state index contributed by atoms with van der Waals surface area (Å²) in [5.74, 6) is 1.65. The molecule has 0 aliphatic heterocycles. The van der Waals surface area contributed by atoms with Gasteiger partial charge < -0.3 is 14.5 Å². The lowest BCUT2D eigenvalue weighted by Crippen LogP contribution is -2.03. The third-order valence-electron chi connectivity index (χ3n) is 4.60. The van der Waals surface area contributed by atoms with Gasteiger partial charge in [-0.1, -0.05) is 48.0 Å². The van der Waals surface area contributed by atoms with Crippen LogP contribution in [0.5, 0.6) is 5.75 Å².